The summed E-state index contributed by atoms with van der Waals surface area (Å²) in [5.41, 5.74) is 6.63. The van der Waals surface area contributed by atoms with Crippen molar-refractivity contribution in [3.05, 3.63) is 28.8 Å². The summed E-state index contributed by atoms with van der Waals surface area (Å²) >= 11 is 6.15. The van der Waals surface area contributed by atoms with Gasteiger partial charge in [-0.15, -0.1) is 0 Å². The third kappa shape index (κ3) is 2.95. The topological polar surface area (TPSA) is 59.0 Å². The normalized spacial score (nSPS) is 16.1. The maximum absolute atomic E-state index is 8.78. The predicted octanol–water partition coefficient (Wildman–Crippen LogP) is 2.91. The molecule has 18 heavy (non-hydrogen) atoms. The zero-order valence-electron chi connectivity index (χ0n) is 10.3. The van der Waals surface area contributed by atoms with Gasteiger partial charge in [0.05, 0.1) is 12.7 Å². The minimum atomic E-state index is 0.0804. The molecule has 0 unspecified atom stereocenters. The summed E-state index contributed by atoms with van der Waals surface area (Å²) in [4.78, 5) is 0. The highest BCUT2D eigenvalue weighted by molar-refractivity contribution is 6.31. The molecule has 0 atom stereocenters. The fourth-order valence-corrected chi connectivity index (χ4v) is 2.27. The first-order chi connectivity index (χ1) is 8.71. The lowest BCUT2D eigenvalue weighted by Gasteiger charge is -2.16. The minimum absolute atomic E-state index is 0.0804. The first-order valence-electron chi connectivity index (χ1n) is 6.18. The molecule has 0 aromatic heterocycles. The van der Waals surface area contributed by atoms with Crippen molar-refractivity contribution >= 4 is 11.6 Å². The summed E-state index contributed by atoms with van der Waals surface area (Å²) < 4.78 is 5.86. The first kappa shape index (κ1) is 13.2. The Kier molecular flexibility index (Phi) is 4.11. The van der Waals surface area contributed by atoms with Gasteiger partial charge in [-0.1, -0.05) is 17.7 Å². The van der Waals surface area contributed by atoms with Gasteiger partial charge in [0, 0.05) is 22.4 Å². The number of hydrogen-bond acceptors (Lipinski definition) is 3. The molecular formula is C14H17ClN2O. The Morgan fingerprint density at radius 3 is 2.83 bits per heavy atom. The van der Waals surface area contributed by atoms with Crippen LogP contribution in [0.1, 0.15) is 24.8 Å². The van der Waals surface area contributed by atoms with Crippen molar-refractivity contribution in [3.63, 3.8) is 0 Å². The Bertz CT molecular complexity index is 463. The Hall–Kier alpha value is -1.24. The molecule has 2 N–H and O–H groups in total. The summed E-state index contributed by atoms with van der Waals surface area (Å²) in [6.07, 6.45) is 3.43. The fourth-order valence-electron chi connectivity index (χ4n) is 2.01. The van der Waals surface area contributed by atoms with E-state index >= 15 is 0 Å². The van der Waals surface area contributed by atoms with E-state index in [1.807, 2.05) is 18.2 Å². The highest BCUT2D eigenvalue weighted by atomic mass is 35.5. The smallest absolute Gasteiger partial charge is 0.124 e. The number of nitrogens with two attached hydrogens (primary N) is 1. The van der Waals surface area contributed by atoms with Gasteiger partial charge in [-0.2, -0.15) is 5.26 Å². The Labute approximate surface area is 112 Å². The van der Waals surface area contributed by atoms with E-state index in [0.717, 1.165) is 24.2 Å². The molecule has 0 aliphatic heterocycles. The molecule has 0 heterocycles. The average Bonchev–Trinajstić information content (AvgIpc) is 3.11. The average molecular weight is 265 g/mol. The number of halogens is 1. The second kappa shape index (κ2) is 5.60. The number of nitrogens with zero attached hydrogens (tertiary/aromatic N) is 1. The molecule has 1 aliphatic rings. The highest BCUT2D eigenvalue weighted by Gasteiger charge is 2.43. The van der Waals surface area contributed by atoms with E-state index in [4.69, 9.17) is 27.3 Å². The summed E-state index contributed by atoms with van der Waals surface area (Å²) in [6.45, 7) is 1.14. The van der Waals surface area contributed by atoms with Crippen molar-refractivity contribution in [1.82, 2.24) is 0 Å². The maximum Gasteiger partial charge on any atom is 0.124 e. The van der Waals surface area contributed by atoms with E-state index in [1.54, 1.807) is 0 Å². The summed E-state index contributed by atoms with van der Waals surface area (Å²) in [6, 6.07) is 7.87. The standard InChI is InChI=1S/C14H17ClN2O/c15-12-2-1-3-13(11(12)4-8-16)18-10-14(5-6-14)7-9-17/h1-3H,4-8,10,16H2. The van der Waals surface area contributed by atoms with Crippen LogP contribution in [0.4, 0.5) is 0 Å². The third-order valence-corrected chi connectivity index (χ3v) is 3.77. The molecule has 1 aromatic rings. The van der Waals surface area contributed by atoms with Crippen molar-refractivity contribution < 1.29 is 4.74 Å². The Balaban J connectivity index is 2.05. The number of nitriles is 1. The van der Waals surface area contributed by atoms with E-state index in [0.29, 0.717) is 31.0 Å². The first-order valence-corrected chi connectivity index (χ1v) is 6.56. The number of rotatable bonds is 6. The van der Waals surface area contributed by atoms with Crippen molar-refractivity contribution in [2.24, 2.45) is 11.1 Å². The van der Waals surface area contributed by atoms with Gasteiger partial charge in [-0.25, -0.2) is 0 Å². The van der Waals surface area contributed by atoms with E-state index in [9.17, 15) is 0 Å². The Morgan fingerprint density at radius 2 is 2.22 bits per heavy atom. The molecular weight excluding hydrogens is 248 g/mol. The van der Waals surface area contributed by atoms with Crippen LogP contribution in [0, 0.1) is 16.7 Å². The molecule has 0 amide bonds. The molecule has 1 aliphatic carbocycles. The van der Waals surface area contributed by atoms with E-state index in [-0.39, 0.29) is 5.41 Å². The predicted molar refractivity (Wildman–Crippen MR) is 71.6 cm³/mol. The number of hydrogen-bond donors (Lipinski definition) is 1. The molecule has 0 radical (unpaired) electrons. The molecule has 4 heteroatoms. The largest absolute Gasteiger partial charge is 0.493 e. The van der Waals surface area contributed by atoms with Crippen LogP contribution in [0.2, 0.25) is 5.02 Å². The van der Waals surface area contributed by atoms with E-state index in [2.05, 4.69) is 6.07 Å². The molecule has 1 fully saturated rings. The second-order valence-corrected chi connectivity index (χ2v) is 5.29. The fraction of sp³-hybridized carbons (Fsp3) is 0.500. The van der Waals surface area contributed by atoms with Crippen LogP contribution in [0.3, 0.4) is 0 Å². The van der Waals surface area contributed by atoms with Gasteiger partial charge >= 0.3 is 0 Å². The van der Waals surface area contributed by atoms with Gasteiger partial charge in [0.1, 0.15) is 5.75 Å². The second-order valence-electron chi connectivity index (χ2n) is 4.88. The zero-order valence-corrected chi connectivity index (χ0v) is 11.0. The zero-order chi connectivity index (χ0) is 13.0. The molecule has 0 spiro atoms. The van der Waals surface area contributed by atoms with Crippen LogP contribution < -0.4 is 10.5 Å². The molecule has 3 nitrogen and oxygen atoms in total. The van der Waals surface area contributed by atoms with Crippen LogP contribution in [-0.2, 0) is 6.42 Å². The van der Waals surface area contributed by atoms with E-state index in [1.165, 1.54) is 0 Å². The SMILES string of the molecule is N#CCC1(COc2cccc(Cl)c2CCN)CC1. The quantitative estimate of drug-likeness (QED) is 0.859. The number of benzene rings is 1. The van der Waals surface area contributed by atoms with Crippen LogP contribution >= 0.6 is 11.6 Å². The lowest BCUT2D eigenvalue weighted by atomic mass is 10.1. The molecule has 96 valence electrons. The van der Waals surface area contributed by atoms with Gasteiger partial charge < -0.3 is 10.5 Å². The molecule has 0 bridgehead atoms. The molecule has 0 saturated heterocycles. The van der Waals surface area contributed by atoms with Gasteiger partial charge in [0.2, 0.25) is 0 Å². The van der Waals surface area contributed by atoms with Crippen LogP contribution in [0.5, 0.6) is 5.75 Å². The van der Waals surface area contributed by atoms with Crippen molar-refractivity contribution in [1.29, 1.82) is 5.26 Å². The summed E-state index contributed by atoms with van der Waals surface area (Å²) in [5, 5.41) is 9.48. The Morgan fingerprint density at radius 1 is 1.44 bits per heavy atom. The van der Waals surface area contributed by atoms with Gasteiger partial charge in [0.15, 0.2) is 0 Å². The number of ether oxygens (including phenoxy) is 1. The van der Waals surface area contributed by atoms with Crippen molar-refractivity contribution in [2.45, 2.75) is 25.7 Å². The highest BCUT2D eigenvalue weighted by Crippen LogP contribution is 2.48. The van der Waals surface area contributed by atoms with Crippen LogP contribution in [0.15, 0.2) is 18.2 Å². The van der Waals surface area contributed by atoms with Crippen LogP contribution in [-0.4, -0.2) is 13.2 Å². The van der Waals surface area contributed by atoms with Gasteiger partial charge in [0.25, 0.3) is 0 Å². The molecule has 2 rings (SSSR count). The maximum atomic E-state index is 8.78. The molecule has 1 aromatic carbocycles. The van der Waals surface area contributed by atoms with Crippen molar-refractivity contribution in [3.8, 4) is 11.8 Å². The lowest BCUT2D eigenvalue weighted by molar-refractivity contribution is 0.235. The van der Waals surface area contributed by atoms with Crippen LogP contribution in [0.25, 0.3) is 0 Å². The van der Waals surface area contributed by atoms with Gasteiger partial charge in [-0.05, 0) is 37.9 Å². The molecule has 1 saturated carbocycles. The third-order valence-electron chi connectivity index (χ3n) is 3.42. The summed E-state index contributed by atoms with van der Waals surface area (Å²) in [7, 11) is 0. The monoisotopic (exact) mass is 264 g/mol. The lowest BCUT2D eigenvalue weighted by Crippen LogP contribution is -2.14. The summed E-state index contributed by atoms with van der Waals surface area (Å²) in [5.74, 6) is 0.803. The van der Waals surface area contributed by atoms with E-state index < -0.39 is 0 Å². The van der Waals surface area contributed by atoms with Crippen molar-refractivity contribution in [2.75, 3.05) is 13.2 Å². The minimum Gasteiger partial charge on any atom is -0.493 e. The van der Waals surface area contributed by atoms with Gasteiger partial charge in [-0.3, -0.25) is 0 Å².